The van der Waals surface area contributed by atoms with Crippen molar-refractivity contribution < 1.29 is 9.90 Å². The number of carboxylic acids is 1. The second kappa shape index (κ2) is 5.07. The summed E-state index contributed by atoms with van der Waals surface area (Å²) in [6.07, 6.45) is 0. The lowest BCUT2D eigenvalue weighted by Gasteiger charge is -2.00. The lowest BCUT2D eigenvalue weighted by molar-refractivity contribution is -0.133. The molecule has 0 aliphatic carbocycles. The van der Waals surface area contributed by atoms with E-state index in [9.17, 15) is 4.79 Å². The Labute approximate surface area is 110 Å². The third kappa shape index (κ3) is 2.80. The minimum absolute atomic E-state index is 0.0306. The Morgan fingerprint density at radius 1 is 1.59 bits per heavy atom. The summed E-state index contributed by atoms with van der Waals surface area (Å²) in [4.78, 5) is 11.4. The van der Waals surface area contributed by atoms with Gasteiger partial charge in [-0.05, 0) is 12.1 Å². The van der Waals surface area contributed by atoms with Gasteiger partial charge in [-0.15, -0.1) is 21.5 Å². The van der Waals surface area contributed by atoms with Crippen molar-refractivity contribution in [3.05, 3.63) is 16.5 Å². The predicted octanol–water partition coefficient (Wildman–Crippen LogP) is 2.37. The average molecular weight is 290 g/mol. The standard InChI is InChI=1S/C9H8ClN3O2S2/c1-13-8(5-2-3-6(10)17-5)11-12-9(13)16-4-7(14)15/h2-3H,4H2,1H3,(H,14,15). The maximum Gasteiger partial charge on any atom is 0.313 e. The van der Waals surface area contributed by atoms with Crippen molar-refractivity contribution >= 4 is 40.7 Å². The molecular formula is C9H8ClN3O2S2. The van der Waals surface area contributed by atoms with E-state index in [2.05, 4.69) is 10.2 Å². The molecule has 2 aromatic heterocycles. The first-order valence-electron chi connectivity index (χ1n) is 4.57. The third-order valence-electron chi connectivity index (χ3n) is 1.95. The Morgan fingerprint density at radius 2 is 2.35 bits per heavy atom. The Hall–Kier alpha value is -1.05. The van der Waals surface area contributed by atoms with E-state index in [4.69, 9.17) is 16.7 Å². The van der Waals surface area contributed by atoms with Crippen LogP contribution in [0.1, 0.15) is 0 Å². The summed E-state index contributed by atoms with van der Waals surface area (Å²) in [6, 6.07) is 3.66. The van der Waals surface area contributed by atoms with Crippen molar-refractivity contribution in [2.45, 2.75) is 5.16 Å². The van der Waals surface area contributed by atoms with Crippen molar-refractivity contribution in [1.29, 1.82) is 0 Å². The molecule has 2 rings (SSSR count). The first-order valence-corrected chi connectivity index (χ1v) is 6.75. The summed E-state index contributed by atoms with van der Waals surface area (Å²) < 4.78 is 2.44. The van der Waals surface area contributed by atoms with E-state index in [1.807, 2.05) is 6.07 Å². The van der Waals surface area contributed by atoms with Crippen LogP contribution in [0.15, 0.2) is 17.3 Å². The molecule has 0 saturated heterocycles. The molecule has 90 valence electrons. The van der Waals surface area contributed by atoms with E-state index >= 15 is 0 Å². The van der Waals surface area contributed by atoms with Crippen LogP contribution in [-0.4, -0.2) is 31.6 Å². The number of carbonyl (C=O) groups is 1. The van der Waals surface area contributed by atoms with E-state index in [1.54, 1.807) is 17.7 Å². The lowest BCUT2D eigenvalue weighted by atomic mass is 10.4. The zero-order valence-electron chi connectivity index (χ0n) is 8.75. The van der Waals surface area contributed by atoms with Crippen LogP contribution in [0, 0.1) is 0 Å². The second-order valence-corrected chi connectivity index (χ2v) is 5.81. The Balaban J connectivity index is 2.23. The van der Waals surface area contributed by atoms with Gasteiger partial charge in [-0.3, -0.25) is 4.79 Å². The van der Waals surface area contributed by atoms with Crippen LogP contribution in [0.5, 0.6) is 0 Å². The Kier molecular flexibility index (Phi) is 3.70. The molecule has 0 spiro atoms. The number of aliphatic carboxylic acids is 1. The topological polar surface area (TPSA) is 68.0 Å². The Bertz CT molecular complexity index is 552. The van der Waals surface area contributed by atoms with Crippen LogP contribution >= 0.6 is 34.7 Å². The molecule has 0 unspecified atom stereocenters. The maximum absolute atomic E-state index is 10.5. The van der Waals surface area contributed by atoms with Crippen LogP contribution in [0.2, 0.25) is 4.34 Å². The van der Waals surface area contributed by atoms with Crippen LogP contribution in [0.4, 0.5) is 0 Å². The smallest absolute Gasteiger partial charge is 0.313 e. The number of thioether (sulfide) groups is 1. The van der Waals surface area contributed by atoms with Gasteiger partial charge in [0.25, 0.3) is 0 Å². The molecule has 8 heteroatoms. The number of carboxylic acid groups (broad SMARTS) is 1. The molecule has 0 bridgehead atoms. The van der Waals surface area contributed by atoms with Gasteiger partial charge in [0.2, 0.25) is 0 Å². The highest BCUT2D eigenvalue weighted by molar-refractivity contribution is 7.99. The highest BCUT2D eigenvalue weighted by Gasteiger charge is 2.13. The van der Waals surface area contributed by atoms with Crippen molar-refractivity contribution in [2.24, 2.45) is 7.05 Å². The number of halogens is 1. The number of thiophene rings is 1. The average Bonchev–Trinajstić information content (AvgIpc) is 2.82. The molecule has 0 amide bonds. The van der Waals surface area contributed by atoms with E-state index in [1.165, 1.54) is 11.3 Å². The molecular weight excluding hydrogens is 282 g/mol. The first kappa shape index (κ1) is 12.4. The first-order chi connectivity index (χ1) is 8.08. The fourth-order valence-electron chi connectivity index (χ4n) is 1.22. The molecule has 0 fully saturated rings. The highest BCUT2D eigenvalue weighted by Crippen LogP contribution is 2.31. The van der Waals surface area contributed by atoms with Gasteiger partial charge in [-0.25, -0.2) is 0 Å². The van der Waals surface area contributed by atoms with Crippen LogP contribution < -0.4 is 0 Å². The molecule has 1 N–H and O–H groups in total. The summed E-state index contributed by atoms with van der Waals surface area (Å²) in [5.41, 5.74) is 0. The molecule has 2 heterocycles. The lowest BCUT2D eigenvalue weighted by Crippen LogP contribution is -2.00. The predicted molar refractivity (Wildman–Crippen MR) is 67.7 cm³/mol. The summed E-state index contributed by atoms with van der Waals surface area (Å²) >= 11 is 8.40. The van der Waals surface area contributed by atoms with Gasteiger partial charge in [0.1, 0.15) is 0 Å². The number of nitrogens with zero attached hydrogens (tertiary/aromatic N) is 3. The third-order valence-corrected chi connectivity index (χ3v) is 4.19. The molecule has 2 aromatic rings. The van der Waals surface area contributed by atoms with Gasteiger partial charge in [0, 0.05) is 7.05 Å². The van der Waals surface area contributed by atoms with E-state index in [0.717, 1.165) is 16.6 Å². The van der Waals surface area contributed by atoms with Crippen LogP contribution in [-0.2, 0) is 11.8 Å². The molecule has 0 atom stereocenters. The molecule has 0 radical (unpaired) electrons. The fourth-order valence-corrected chi connectivity index (χ4v) is 2.91. The van der Waals surface area contributed by atoms with Gasteiger partial charge < -0.3 is 9.67 Å². The van der Waals surface area contributed by atoms with Gasteiger partial charge in [0.15, 0.2) is 11.0 Å². The van der Waals surface area contributed by atoms with E-state index in [-0.39, 0.29) is 5.75 Å². The molecule has 0 aromatic carbocycles. The monoisotopic (exact) mass is 289 g/mol. The quantitative estimate of drug-likeness (QED) is 0.875. The molecule has 5 nitrogen and oxygen atoms in total. The van der Waals surface area contributed by atoms with Gasteiger partial charge in [-0.2, -0.15) is 0 Å². The zero-order valence-corrected chi connectivity index (χ0v) is 11.1. The van der Waals surface area contributed by atoms with Crippen molar-refractivity contribution in [3.8, 4) is 10.7 Å². The van der Waals surface area contributed by atoms with E-state index < -0.39 is 5.97 Å². The normalized spacial score (nSPS) is 10.7. The van der Waals surface area contributed by atoms with Crippen LogP contribution in [0.25, 0.3) is 10.7 Å². The SMILES string of the molecule is Cn1c(SCC(=O)O)nnc1-c1ccc(Cl)s1. The second-order valence-electron chi connectivity index (χ2n) is 3.15. The number of hydrogen-bond acceptors (Lipinski definition) is 5. The maximum atomic E-state index is 10.5. The number of hydrogen-bond donors (Lipinski definition) is 1. The zero-order chi connectivity index (χ0) is 12.4. The summed E-state index contributed by atoms with van der Waals surface area (Å²) in [5, 5.41) is 17.2. The largest absolute Gasteiger partial charge is 0.481 e. The van der Waals surface area contributed by atoms with Gasteiger partial charge >= 0.3 is 5.97 Å². The van der Waals surface area contributed by atoms with Crippen molar-refractivity contribution in [3.63, 3.8) is 0 Å². The summed E-state index contributed by atoms with van der Waals surface area (Å²) in [5.74, 6) is -0.217. The highest BCUT2D eigenvalue weighted by atomic mass is 35.5. The molecule has 0 saturated carbocycles. The molecule has 0 aliphatic heterocycles. The minimum atomic E-state index is -0.876. The van der Waals surface area contributed by atoms with Crippen molar-refractivity contribution in [2.75, 3.05) is 5.75 Å². The molecule has 0 aliphatic rings. The van der Waals surface area contributed by atoms with E-state index in [0.29, 0.717) is 15.3 Å². The van der Waals surface area contributed by atoms with Gasteiger partial charge in [-0.1, -0.05) is 23.4 Å². The minimum Gasteiger partial charge on any atom is -0.481 e. The molecule has 17 heavy (non-hydrogen) atoms. The summed E-state index contributed by atoms with van der Waals surface area (Å²) in [7, 11) is 1.80. The summed E-state index contributed by atoms with van der Waals surface area (Å²) in [6.45, 7) is 0. The number of rotatable bonds is 4. The Morgan fingerprint density at radius 3 is 2.94 bits per heavy atom. The fraction of sp³-hybridized carbons (Fsp3) is 0.222. The number of aromatic nitrogens is 3. The van der Waals surface area contributed by atoms with Crippen molar-refractivity contribution in [1.82, 2.24) is 14.8 Å². The van der Waals surface area contributed by atoms with Crippen LogP contribution in [0.3, 0.4) is 0 Å². The van der Waals surface area contributed by atoms with Gasteiger partial charge in [0.05, 0.1) is 15.0 Å².